The molecule has 4 heteroatoms. The predicted molar refractivity (Wildman–Crippen MR) is 61.7 cm³/mol. The standard InChI is InChI=1S/C11H9BrN2O/c1-15-9-4-2-3-8(5-9)10-6-13-7-11(12)14-10/h2-7H,1H3. The summed E-state index contributed by atoms with van der Waals surface area (Å²) < 4.78 is 5.87. The molecule has 0 saturated carbocycles. The first-order valence-electron chi connectivity index (χ1n) is 4.41. The Morgan fingerprint density at radius 1 is 1.27 bits per heavy atom. The van der Waals surface area contributed by atoms with Crippen molar-refractivity contribution in [3.8, 4) is 17.0 Å². The van der Waals surface area contributed by atoms with Crippen LogP contribution < -0.4 is 4.74 Å². The molecule has 0 aliphatic rings. The fraction of sp³-hybridized carbons (Fsp3) is 0.0909. The third-order valence-corrected chi connectivity index (χ3v) is 2.35. The minimum absolute atomic E-state index is 0.725. The third kappa shape index (κ3) is 2.33. The van der Waals surface area contributed by atoms with Crippen LogP contribution in [-0.4, -0.2) is 17.1 Å². The number of hydrogen-bond donors (Lipinski definition) is 0. The van der Waals surface area contributed by atoms with Gasteiger partial charge in [0.05, 0.1) is 25.2 Å². The molecule has 0 aliphatic heterocycles. The zero-order valence-corrected chi connectivity index (χ0v) is 9.73. The van der Waals surface area contributed by atoms with Crippen molar-refractivity contribution >= 4 is 15.9 Å². The molecule has 1 aromatic heterocycles. The molecule has 2 aromatic rings. The summed E-state index contributed by atoms with van der Waals surface area (Å²) in [6.45, 7) is 0. The lowest BCUT2D eigenvalue weighted by Gasteiger charge is -2.03. The summed E-state index contributed by atoms with van der Waals surface area (Å²) in [5, 5.41) is 0. The van der Waals surface area contributed by atoms with Crippen molar-refractivity contribution in [2.45, 2.75) is 0 Å². The van der Waals surface area contributed by atoms with Crippen LogP contribution in [0.2, 0.25) is 0 Å². The molecule has 3 nitrogen and oxygen atoms in total. The van der Waals surface area contributed by atoms with Crippen LogP contribution >= 0.6 is 15.9 Å². The van der Waals surface area contributed by atoms with Gasteiger partial charge in [0.15, 0.2) is 0 Å². The number of nitrogens with zero attached hydrogens (tertiary/aromatic N) is 2. The monoisotopic (exact) mass is 264 g/mol. The molecule has 0 aliphatic carbocycles. The Morgan fingerprint density at radius 3 is 2.87 bits per heavy atom. The Kier molecular flexibility index (Phi) is 2.97. The molecule has 15 heavy (non-hydrogen) atoms. The molecule has 0 fully saturated rings. The fourth-order valence-corrected chi connectivity index (χ4v) is 1.57. The summed E-state index contributed by atoms with van der Waals surface area (Å²) in [6, 6.07) is 7.72. The van der Waals surface area contributed by atoms with E-state index < -0.39 is 0 Å². The van der Waals surface area contributed by atoms with Gasteiger partial charge in [0.1, 0.15) is 10.4 Å². The zero-order chi connectivity index (χ0) is 10.7. The van der Waals surface area contributed by atoms with E-state index in [9.17, 15) is 0 Å². The molecular weight excluding hydrogens is 256 g/mol. The van der Waals surface area contributed by atoms with Crippen molar-refractivity contribution in [1.29, 1.82) is 0 Å². The van der Waals surface area contributed by atoms with Gasteiger partial charge in [0.2, 0.25) is 0 Å². The van der Waals surface area contributed by atoms with E-state index >= 15 is 0 Å². The van der Waals surface area contributed by atoms with Crippen molar-refractivity contribution in [3.05, 3.63) is 41.3 Å². The molecule has 0 saturated heterocycles. The smallest absolute Gasteiger partial charge is 0.125 e. The number of halogens is 1. The molecule has 0 N–H and O–H groups in total. The Morgan fingerprint density at radius 2 is 2.13 bits per heavy atom. The maximum absolute atomic E-state index is 5.15. The van der Waals surface area contributed by atoms with E-state index in [0.29, 0.717) is 0 Å². The van der Waals surface area contributed by atoms with Gasteiger partial charge >= 0.3 is 0 Å². The molecule has 1 heterocycles. The van der Waals surface area contributed by atoms with Gasteiger partial charge in [-0.2, -0.15) is 0 Å². The van der Waals surface area contributed by atoms with E-state index in [1.54, 1.807) is 19.5 Å². The minimum Gasteiger partial charge on any atom is -0.497 e. The lowest BCUT2D eigenvalue weighted by atomic mass is 10.1. The van der Waals surface area contributed by atoms with Crippen molar-refractivity contribution in [2.75, 3.05) is 7.11 Å². The average molecular weight is 265 g/mol. The Bertz CT molecular complexity index is 474. The Hall–Kier alpha value is -1.42. The molecule has 2 rings (SSSR count). The summed E-state index contributed by atoms with van der Waals surface area (Å²) >= 11 is 3.29. The Balaban J connectivity index is 2.44. The second-order valence-corrected chi connectivity index (χ2v) is 3.77. The van der Waals surface area contributed by atoms with Crippen LogP contribution in [-0.2, 0) is 0 Å². The molecule has 0 bridgehead atoms. The normalized spacial score (nSPS) is 10.0. The molecule has 0 amide bonds. The molecular formula is C11H9BrN2O. The number of rotatable bonds is 2. The molecule has 76 valence electrons. The van der Waals surface area contributed by atoms with Crippen LogP contribution in [0.1, 0.15) is 0 Å². The van der Waals surface area contributed by atoms with E-state index in [0.717, 1.165) is 21.6 Å². The summed E-state index contributed by atoms with van der Waals surface area (Å²) in [5.74, 6) is 0.814. The lowest BCUT2D eigenvalue weighted by molar-refractivity contribution is 0.415. The van der Waals surface area contributed by atoms with E-state index in [1.165, 1.54) is 0 Å². The largest absolute Gasteiger partial charge is 0.497 e. The van der Waals surface area contributed by atoms with Crippen LogP contribution in [0.3, 0.4) is 0 Å². The number of methoxy groups -OCH3 is 1. The first-order valence-corrected chi connectivity index (χ1v) is 5.21. The van der Waals surface area contributed by atoms with Crippen LogP contribution in [0.15, 0.2) is 41.3 Å². The van der Waals surface area contributed by atoms with Gasteiger partial charge < -0.3 is 4.74 Å². The second-order valence-electron chi connectivity index (χ2n) is 2.96. The van der Waals surface area contributed by atoms with Gasteiger partial charge in [-0.25, -0.2) is 4.98 Å². The minimum atomic E-state index is 0.725. The topological polar surface area (TPSA) is 35.0 Å². The zero-order valence-electron chi connectivity index (χ0n) is 8.14. The summed E-state index contributed by atoms with van der Waals surface area (Å²) in [6.07, 6.45) is 3.38. The van der Waals surface area contributed by atoms with Crippen LogP contribution in [0.5, 0.6) is 5.75 Å². The van der Waals surface area contributed by atoms with Gasteiger partial charge in [-0.3, -0.25) is 4.98 Å². The van der Waals surface area contributed by atoms with Crippen molar-refractivity contribution in [3.63, 3.8) is 0 Å². The highest BCUT2D eigenvalue weighted by Crippen LogP contribution is 2.22. The van der Waals surface area contributed by atoms with Gasteiger partial charge in [-0.1, -0.05) is 12.1 Å². The van der Waals surface area contributed by atoms with Gasteiger partial charge in [-0.05, 0) is 28.1 Å². The van der Waals surface area contributed by atoms with Crippen molar-refractivity contribution in [2.24, 2.45) is 0 Å². The van der Waals surface area contributed by atoms with Crippen LogP contribution in [0.4, 0.5) is 0 Å². The van der Waals surface area contributed by atoms with E-state index in [4.69, 9.17) is 4.74 Å². The molecule has 0 spiro atoms. The molecule has 0 unspecified atom stereocenters. The van der Waals surface area contributed by atoms with E-state index in [2.05, 4.69) is 25.9 Å². The number of benzene rings is 1. The lowest BCUT2D eigenvalue weighted by Crippen LogP contribution is -1.88. The highest BCUT2D eigenvalue weighted by atomic mass is 79.9. The van der Waals surface area contributed by atoms with Crippen molar-refractivity contribution in [1.82, 2.24) is 9.97 Å². The first-order chi connectivity index (χ1) is 7.29. The Labute approximate surface area is 96.3 Å². The van der Waals surface area contributed by atoms with Crippen LogP contribution in [0.25, 0.3) is 11.3 Å². The number of ether oxygens (including phenoxy) is 1. The first kappa shape index (κ1) is 10.1. The van der Waals surface area contributed by atoms with Gasteiger partial charge in [0.25, 0.3) is 0 Å². The average Bonchev–Trinajstić information content (AvgIpc) is 2.29. The predicted octanol–water partition coefficient (Wildman–Crippen LogP) is 2.91. The maximum atomic E-state index is 5.15. The van der Waals surface area contributed by atoms with E-state index in [-0.39, 0.29) is 0 Å². The highest BCUT2D eigenvalue weighted by molar-refractivity contribution is 9.10. The second kappa shape index (κ2) is 4.40. The quantitative estimate of drug-likeness (QED) is 0.837. The maximum Gasteiger partial charge on any atom is 0.125 e. The van der Waals surface area contributed by atoms with Crippen molar-refractivity contribution < 1.29 is 4.74 Å². The van der Waals surface area contributed by atoms with E-state index in [1.807, 2.05) is 24.3 Å². The number of hydrogen-bond acceptors (Lipinski definition) is 3. The van der Waals surface area contributed by atoms with Crippen LogP contribution in [0, 0.1) is 0 Å². The third-order valence-electron chi connectivity index (χ3n) is 1.97. The molecule has 0 radical (unpaired) electrons. The summed E-state index contributed by atoms with van der Waals surface area (Å²) in [7, 11) is 1.64. The summed E-state index contributed by atoms with van der Waals surface area (Å²) in [4.78, 5) is 8.38. The number of aromatic nitrogens is 2. The fourth-order valence-electron chi connectivity index (χ4n) is 1.26. The molecule has 0 atom stereocenters. The highest BCUT2D eigenvalue weighted by Gasteiger charge is 2.01. The van der Waals surface area contributed by atoms with Gasteiger partial charge in [-0.15, -0.1) is 0 Å². The molecule has 1 aromatic carbocycles. The summed E-state index contributed by atoms with van der Waals surface area (Å²) in [5.41, 5.74) is 1.81. The SMILES string of the molecule is COc1cccc(-c2cncc(Br)n2)c1. The van der Waals surface area contributed by atoms with Gasteiger partial charge in [0, 0.05) is 5.56 Å².